The highest BCUT2D eigenvalue weighted by molar-refractivity contribution is 5.71. The predicted octanol–water partition coefficient (Wildman–Crippen LogP) is 17.8. The fraction of sp³-hybridized carbons (Fsp3) is 0.945. The van der Waals surface area contributed by atoms with Gasteiger partial charge in [0, 0.05) is 19.3 Å². The first-order chi connectivity index (χ1) is 29.9. The molecule has 0 saturated carbocycles. The van der Waals surface area contributed by atoms with Crippen LogP contribution in [-0.2, 0) is 28.6 Å². The Morgan fingerprint density at radius 2 is 0.541 bits per heavy atom. The van der Waals surface area contributed by atoms with E-state index < -0.39 is 6.10 Å². The number of ether oxygens (including phenoxy) is 3. The van der Waals surface area contributed by atoms with E-state index in [1.54, 1.807) is 0 Å². The molecule has 0 radical (unpaired) electrons. The van der Waals surface area contributed by atoms with Crippen molar-refractivity contribution in [1.82, 2.24) is 0 Å². The second-order valence-corrected chi connectivity index (χ2v) is 19.3. The Morgan fingerprint density at radius 1 is 0.311 bits per heavy atom. The Labute approximate surface area is 380 Å². The molecule has 1 atom stereocenters. The quantitative estimate of drug-likeness (QED) is 0.0344. The minimum Gasteiger partial charge on any atom is -0.462 e. The molecule has 61 heavy (non-hydrogen) atoms. The van der Waals surface area contributed by atoms with Crippen molar-refractivity contribution in [1.29, 1.82) is 0 Å². The SMILES string of the molecule is CCCCCCCCCCCCCCCCCCCC(=O)OC[C@@H](COC(=O)CCCCCCCCCCCCC)OC(=O)CCCCCCCCCCCCCCC(C)C. The Bertz CT molecular complexity index is 918. The summed E-state index contributed by atoms with van der Waals surface area (Å²) in [6.07, 6.45) is 52.3. The molecule has 0 heterocycles. The maximum Gasteiger partial charge on any atom is 0.306 e. The fourth-order valence-corrected chi connectivity index (χ4v) is 8.39. The molecule has 0 unspecified atom stereocenters. The standard InChI is InChI=1S/C55H106O6/c1-5-7-9-11-13-15-17-18-19-20-21-22-27-31-35-39-43-47-54(57)60-50-52(49-59-53(56)46-42-38-34-30-25-16-14-12-10-8-6-2)61-55(58)48-44-40-36-32-28-24-23-26-29-33-37-41-45-51(3)4/h51-52H,5-50H2,1-4H3/t52-/m1/s1. The smallest absolute Gasteiger partial charge is 0.306 e. The number of hydrogen-bond acceptors (Lipinski definition) is 6. The number of esters is 3. The lowest BCUT2D eigenvalue weighted by Crippen LogP contribution is -2.30. The topological polar surface area (TPSA) is 78.9 Å². The van der Waals surface area contributed by atoms with Gasteiger partial charge in [0.25, 0.3) is 0 Å². The van der Waals surface area contributed by atoms with Gasteiger partial charge in [-0.15, -0.1) is 0 Å². The third-order valence-corrected chi connectivity index (χ3v) is 12.5. The summed E-state index contributed by atoms with van der Waals surface area (Å²) >= 11 is 0. The van der Waals surface area contributed by atoms with Crippen LogP contribution >= 0.6 is 0 Å². The van der Waals surface area contributed by atoms with Crippen LogP contribution in [-0.4, -0.2) is 37.2 Å². The first-order valence-electron chi connectivity index (χ1n) is 27.4. The lowest BCUT2D eigenvalue weighted by molar-refractivity contribution is -0.167. The molecular weight excluding hydrogens is 757 g/mol. The molecule has 0 fully saturated rings. The average Bonchev–Trinajstić information content (AvgIpc) is 3.24. The minimum absolute atomic E-state index is 0.0623. The van der Waals surface area contributed by atoms with Crippen molar-refractivity contribution >= 4 is 17.9 Å². The van der Waals surface area contributed by atoms with Gasteiger partial charge in [0.2, 0.25) is 0 Å². The number of carbonyl (C=O) groups excluding carboxylic acids is 3. The summed E-state index contributed by atoms with van der Waals surface area (Å²) in [6, 6.07) is 0. The summed E-state index contributed by atoms with van der Waals surface area (Å²) in [4.78, 5) is 38.0. The number of rotatable bonds is 50. The molecule has 0 N–H and O–H groups in total. The second kappa shape index (κ2) is 49.4. The molecule has 0 amide bonds. The molecule has 0 aromatic rings. The van der Waals surface area contributed by atoms with E-state index in [1.165, 1.54) is 205 Å². The van der Waals surface area contributed by atoms with Gasteiger partial charge in [-0.1, -0.05) is 272 Å². The number of carbonyl (C=O) groups is 3. The van der Waals surface area contributed by atoms with Crippen LogP contribution in [0.1, 0.15) is 310 Å². The van der Waals surface area contributed by atoms with Crippen LogP contribution in [0.4, 0.5) is 0 Å². The molecular formula is C55H106O6. The molecule has 0 aliphatic carbocycles. The van der Waals surface area contributed by atoms with E-state index in [0.717, 1.165) is 63.7 Å². The summed E-state index contributed by atoms with van der Waals surface area (Å²) in [5.41, 5.74) is 0. The van der Waals surface area contributed by atoms with Crippen LogP contribution < -0.4 is 0 Å². The van der Waals surface area contributed by atoms with E-state index in [0.29, 0.717) is 19.3 Å². The zero-order valence-electron chi connectivity index (χ0n) is 41.6. The number of hydrogen-bond donors (Lipinski definition) is 0. The maximum absolute atomic E-state index is 12.8. The highest BCUT2D eigenvalue weighted by atomic mass is 16.6. The third-order valence-electron chi connectivity index (χ3n) is 12.5. The minimum atomic E-state index is -0.761. The van der Waals surface area contributed by atoms with Gasteiger partial charge < -0.3 is 14.2 Å². The lowest BCUT2D eigenvalue weighted by atomic mass is 10.0. The van der Waals surface area contributed by atoms with Crippen molar-refractivity contribution in [2.24, 2.45) is 5.92 Å². The molecule has 6 nitrogen and oxygen atoms in total. The van der Waals surface area contributed by atoms with Gasteiger partial charge in [-0.05, 0) is 25.2 Å². The van der Waals surface area contributed by atoms with Crippen molar-refractivity contribution in [2.45, 2.75) is 316 Å². The molecule has 0 rings (SSSR count). The molecule has 0 saturated heterocycles. The highest BCUT2D eigenvalue weighted by Gasteiger charge is 2.19. The van der Waals surface area contributed by atoms with Crippen LogP contribution in [0, 0.1) is 5.92 Å². The van der Waals surface area contributed by atoms with E-state index >= 15 is 0 Å². The van der Waals surface area contributed by atoms with E-state index in [4.69, 9.17) is 14.2 Å². The monoisotopic (exact) mass is 863 g/mol. The molecule has 362 valence electrons. The highest BCUT2D eigenvalue weighted by Crippen LogP contribution is 2.17. The van der Waals surface area contributed by atoms with Crippen molar-refractivity contribution in [3.63, 3.8) is 0 Å². The second-order valence-electron chi connectivity index (χ2n) is 19.3. The fourth-order valence-electron chi connectivity index (χ4n) is 8.39. The molecule has 0 aromatic heterocycles. The van der Waals surface area contributed by atoms with Crippen molar-refractivity contribution in [3.8, 4) is 0 Å². The maximum atomic E-state index is 12.8. The van der Waals surface area contributed by atoms with Crippen molar-refractivity contribution < 1.29 is 28.6 Å². The van der Waals surface area contributed by atoms with Crippen molar-refractivity contribution in [2.75, 3.05) is 13.2 Å². The van der Waals surface area contributed by atoms with Crippen LogP contribution in [0.3, 0.4) is 0 Å². The zero-order valence-corrected chi connectivity index (χ0v) is 41.6. The van der Waals surface area contributed by atoms with Gasteiger partial charge in [-0.25, -0.2) is 0 Å². The molecule has 0 spiro atoms. The Kier molecular flexibility index (Phi) is 48.1. The van der Waals surface area contributed by atoms with Gasteiger partial charge in [0.1, 0.15) is 13.2 Å². The Balaban J connectivity index is 4.27. The van der Waals surface area contributed by atoms with E-state index in [2.05, 4.69) is 27.7 Å². The van der Waals surface area contributed by atoms with Gasteiger partial charge in [0.05, 0.1) is 0 Å². The first-order valence-corrected chi connectivity index (χ1v) is 27.4. The van der Waals surface area contributed by atoms with E-state index in [-0.39, 0.29) is 31.1 Å². The Hall–Kier alpha value is -1.59. The largest absolute Gasteiger partial charge is 0.462 e. The van der Waals surface area contributed by atoms with Crippen LogP contribution in [0.5, 0.6) is 0 Å². The normalized spacial score (nSPS) is 12.0. The average molecular weight is 863 g/mol. The van der Waals surface area contributed by atoms with Gasteiger partial charge >= 0.3 is 17.9 Å². The number of unbranched alkanes of at least 4 members (excludes halogenated alkanes) is 37. The molecule has 0 bridgehead atoms. The van der Waals surface area contributed by atoms with Gasteiger partial charge in [-0.3, -0.25) is 14.4 Å². The summed E-state index contributed by atoms with van der Waals surface area (Å²) in [7, 11) is 0. The summed E-state index contributed by atoms with van der Waals surface area (Å²) < 4.78 is 16.8. The molecule has 0 aliphatic rings. The van der Waals surface area contributed by atoms with Crippen molar-refractivity contribution in [3.05, 3.63) is 0 Å². The van der Waals surface area contributed by atoms with E-state index in [1.807, 2.05) is 0 Å². The first kappa shape index (κ1) is 59.4. The molecule has 0 aliphatic heterocycles. The Morgan fingerprint density at radius 3 is 0.803 bits per heavy atom. The third kappa shape index (κ3) is 49.3. The van der Waals surface area contributed by atoms with Crippen LogP contribution in [0.15, 0.2) is 0 Å². The summed E-state index contributed by atoms with van der Waals surface area (Å²) in [6.45, 7) is 9.04. The summed E-state index contributed by atoms with van der Waals surface area (Å²) in [5, 5.41) is 0. The molecule has 0 aromatic carbocycles. The van der Waals surface area contributed by atoms with E-state index in [9.17, 15) is 14.4 Å². The van der Waals surface area contributed by atoms with Gasteiger partial charge in [0.15, 0.2) is 6.10 Å². The molecule has 6 heteroatoms. The van der Waals surface area contributed by atoms with Crippen LogP contribution in [0.2, 0.25) is 0 Å². The van der Waals surface area contributed by atoms with Gasteiger partial charge in [-0.2, -0.15) is 0 Å². The van der Waals surface area contributed by atoms with Crippen LogP contribution in [0.25, 0.3) is 0 Å². The zero-order chi connectivity index (χ0) is 44.5. The lowest BCUT2D eigenvalue weighted by Gasteiger charge is -2.18. The summed E-state index contributed by atoms with van der Waals surface area (Å²) in [5.74, 6) is -0.00859. The predicted molar refractivity (Wildman–Crippen MR) is 261 cm³/mol.